The lowest BCUT2D eigenvalue weighted by Crippen LogP contribution is -2.23. The molecule has 0 aromatic carbocycles. The van der Waals surface area contributed by atoms with Crippen LogP contribution in [0.15, 0.2) is 12.4 Å². The fourth-order valence-corrected chi connectivity index (χ4v) is 1.18. The van der Waals surface area contributed by atoms with Crippen LogP contribution in [0.5, 0.6) is 0 Å². The van der Waals surface area contributed by atoms with Crippen molar-refractivity contribution >= 4 is 6.03 Å². The zero-order chi connectivity index (χ0) is 12.6. The highest BCUT2D eigenvalue weighted by atomic mass is 19.4. The van der Waals surface area contributed by atoms with Crippen molar-refractivity contribution in [3.63, 3.8) is 0 Å². The number of alkyl halides is 3. The zero-order valence-corrected chi connectivity index (χ0v) is 8.38. The van der Waals surface area contributed by atoms with Gasteiger partial charge in [-0.1, -0.05) is 10.4 Å². The Balaban J connectivity index is 2.42. The molecule has 0 atom stereocenters. The van der Waals surface area contributed by atoms with Crippen LogP contribution in [0.1, 0.15) is 11.4 Å². The summed E-state index contributed by atoms with van der Waals surface area (Å²) in [5, 5.41) is 12.8. The van der Waals surface area contributed by atoms with Gasteiger partial charge in [-0.15, -0.1) is 10.2 Å². The van der Waals surface area contributed by atoms with Crippen LogP contribution in [0, 0.1) is 6.92 Å². The van der Waals surface area contributed by atoms with Gasteiger partial charge in [-0.2, -0.15) is 22.5 Å². The summed E-state index contributed by atoms with van der Waals surface area (Å²) in [6.07, 6.45) is -2.24. The molecule has 0 saturated heterocycles. The molecule has 0 bridgehead atoms. The van der Waals surface area contributed by atoms with Crippen LogP contribution < -0.4 is 0 Å². The van der Waals surface area contributed by atoms with Gasteiger partial charge < -0.3 is 0 Å². The van der Waals surface area contributed by atoms with E-state index in [9.17, 15) is 18.0 Å². The maximum Gasteiger partial charge on any atom is 0.437 e. The predicted molar refractivity (Wildman–Crippen MR) is 46.0 cm³/mol. The van der Waals surface area contributed by atoms with E-state index in [0.717, 1.165) is 11.6 Å². The van der Waals surface area contributed by atoms with Crippen molar-refractivity contribution in [1.29, 1.82) is 0 Å². The van der Waals surface area contributed by atoms with Gasteiger partial charge in [0.15, 0.2) is 5.69 Å². The molecule has 2 rings (SSSR count). The molecule has 0 spiro atoms. The van der Waals surface area contributed by atoms with Crippen LogP contribution in [-0.2, 0) is 6.18 Å². The highest BCUT2D eigenvalue weighted by Crippen LogP contribution is 2.29. The Morgan fingerprint density at radius 1 is 1.35 bits per heavy atom. The van der Waals surface area contributed by atoms with Gasteiger partial charge >= 0.3 is 12.2 Å². The fourth-order valence-electron chi connectivity index (χ4n) is 1.18. The largest absolute Gasteiger partial charge is 0.437 e. The highest BCUT2D eigenvalue weighted by Gasteiger charge is 2.38. The van der Waals surface area contributed by atoms with Crippen LogP contribution in [0.25, 0.3) is 0 Å². The summed E-state index contributed by atoms with van der Waals surface area (Å²) >= 11 is 0. The van der Waals surface area contributed by atoms with E-state index >= 15 is 0 Å². The van der Waals surface area contributed by atoms with Gasteiger partial charge in [0.1, 0.15) is 0 Å². The first-order chi connectivity index (χ1) is 7.91. The van der Waals surface area contributed by atoms with Crippen molar-refractivity contribution in [3.05, 3.63) is 23.8 Å². The minimum absolute atomic E-state index is 0.405. The molecular weight excluding hydrogens is 241 g/mol. The van der Waals surface area contributed by atoms with E-state index in [2.05, 4.69) is 20.6 Å². The monoisotopic (exact) mass is 246 g/mol. The standard InChI is InChI=1S/C7H5F3N6O/c1-4-5(7(8,9)10)12-14-16(4)6(17)15-3-2-11-13-15/h2-3H,1H3. The number of halogens is 3. The Morgan fingerprint density at radius 3 is 2.53 bits per heavy atom. The van der Waals surface area contributed by atoms with E-state index in [1.165, 1.54) is 12.4 Å². The summed E-state index contributed by atoms with van der Waals surface area (Å²) in [6.45, 7) is 1.09. The molecule has 10 heteroatoms. The number of rotatable bonds is 0. The first-order valence-corrected chi connectivity index (χ1v) is 4.32. The smallest absolute Gasteiger partial charge is 0.243 e. The Bertz CT molecular complexity index is 542. The summed E-state index contributed by atoms with van der Waals surface area (Å²) in [5.41, 5.74) is -1.61. The third-order valence-corrected chi connectivity index (χ3v) is 1.96. The molecule has 0 saturated carbocycles. The Labute approximate surface area is 91.8 Å². The van der Waals surface area contributed by atoms with Crippen LogP contribution in [0.2, 0.25) is 0 Å². The molecule has 7 nitrogen and oxygen atoms in total. The van der Waals surface area contributed by atoms with E-state index in [1.54, 1.807) is 0 Å². The Hall–Kier alpha value is -2.26. The molecule has 0 N–H and O–H groups in total. The van der Waals surface area contributed by atoms with E-state index < -0.39 is 23.6 Å². The number of hydrogen-bond donors (Lipinski definition) is 0. The summed E-state index contributed by atoms with van der Waals surface area (Å²) in [4.78, 5) is 11.6. The van der Waals surface area contributed by atoms with Gasteiger partial charge in [0.2, 0.25) is 0 Å². The second kappa shape index (κ2) is 3.64. The molecule has 90 valence electrons. The summed E-state index contributed by atoms with van der Waals surface area (Å²) in [5.74, 6) is 0. The molecule has 2 aromatic rings. The van der Waals surface area contributed by atoms with Gasteiger partial charge in [-0.05, 0) is 6.92 Å². The van der Waals surface area contributed by atoms with Crippen LogP contribution >= 0.6 is 0 Å². The molecule has 17 heavy (non-hydrogen) atoms. The van der Waals surface area contributed by atoms with E-state index in [4.69, 9.17) is 0 Å². The third kappa shape index (κ3) is 1.88. The maximum atomic E-state index is 12.4. The quantitative estimate of drug-likeness (QED) is 0.684. The molecule has 0 unspecified atom stereocenters. The maximum absolute atomic E-state index is 12.4. The zero-order valence-electron chi connectivity index (χ0n) is 8.38. The summed E-state index contributed by atoms with van der Waals surface area (Å²) < 4.78 is 38.5. The van der Waals surface area contributed by atoms with Crippen molar-refractivity contribution in [2.75, 3.05) is 0 Å². The number of carbonyl (C=O) groups excluding carboxylic acids is 1. The summed E-state index contributed by atoms with van der Waals surface area (Å²) in [6, 6.07) is -0.886. The predicted octanol–water partition coefficient (Wildman–Crippen LogP) is 0.713. The SMILES string of the molecule is Cc1c(C(F)(F)F)nnn1C(=O)n1ccnn1. The van der Waals surface area contributed by atoms with Crippen LogP contribution in [-0.4, -0.2) is 36.0 Å². The van der Waals surface area contributed by atoms with Gasteiger partial charge in [0.05, 0.1) is 18.1 Å². The molecule has 2 aromatic heterocycles. The lowest BCUT2D eigenvalue weighted by atomic mass is 10.3. The summed E-state index contributed by atoms with van der Waals surface area (Å²) in [7, 11) is 0. The lowest BCUT2D eigenvalue weighted by Gasteiger charge is -2.03. The molecule has 0 aliphatic heterocycles. The average molecular weight is 246 g/mol. The number of carbonyl (C=O) groups is 1. The van der Waals surface area contributed by atoms with Gasteiger partial charge in [-0.25, -0.2) is 4.79 Å². The molecule has 0 aliphatic rings. The van der Waals surface area contributed by atoms with Gasteiger partial charge in [0.25, 0.3) is 0 Å². The number of hydrogen-bond acceptors (Lipinski definition) is 5. The topological polar surface area (TPSA) is 78.5 Å². The van der Waals surface area contributed by atoms with E-state index in [-0.39, 0.29) is 0 Å². The molecular formula is C7H5F3N6O. The minimum Gasteiger partial charge on any atom is -0.243 e. The number of nitrogens with zero attached hydrogens (tertiary/aromatic N) is 6. The van der Waals surface area contributed by atoms with Crippen LogP contribution in [0.4, 0.5) is 18.0 Å². The molecule has 0 radical (unpaired) electrons. The molecule has 0 fully saturated rings. The Kier molecular flexibility index (Phi) is 2.41. The average Bonchev–Trinajstić information content (AvgIpc) is 2.83. The fraction of sp³-hybridized carbons (Fsp3) is 0.286. The second-order valence-corrected chi connectivity index (χ2v) is 3.06. The second-order valence-electron chi connectivity index (χ2n) is 3.06. The van der Waals surface area contributed by atoms with E-state index in [1.807, 2.05) is 0 Å². The molecule has 2 heterocycles. The first kappa shape index (κ1) is 11.2. The van der Waals surface area contributed by atoms with Gasteiger partial charge in [-0.3, -0.25) is 0 Å². The third-order valence-electron chi connectivity index (χ3n) is 1.96. The van der Waals surface area contributed by atoms with Crippen molar-refractivity contribution in [3.8, 4) is 0 Å². The van der Waals surface area contributed by atoms with Gasteiger partial charge in [0, 0.05) is 0 Å². The van der Waals surface area contributed by atoms with Crippen molar-refractivity contribution in [1.82, 2.24) is 30.0 Å². The van der Waals surface area contributed by atoms with Crippen molar-refractivity contribution in [2.24, 2.45) is 0 Å². The van der Waals surface area contributed by atoms with E-state index in [0.29, 0.717) is 4.68 Å². The molecule has 0 aliphatic carbocycles. The molecule has 0 amide bonds. The first-order valence-electron chi connectivity index (χ1n) is 4.32. The number of aromatic nitrogens is 6. The Morgan fingerprint density at radius 2 is 2.06 bits per heavy atom. The van der Waals surface area contributed by atoms with Crippen LogP contribution in [0.3, 0.4) is 0 Å². The normalized spacial score (nSPS) is 11.8. The lowest BCUT2D eigenvalue weighted by molar-refractivity contribution is -0.141. The van der Waals surface area contributed by atoms with Crippen molar-refractivity contribution < 1.29 is 18.0 Å². The van der Waals surface area contributed by atoms with Crippen molar-refractivity contribution in [2.45, 2.75) is 13.1 Å². The highest BCUT2D eigenvalue weighted by molar-refractivity contribution is 5.77. The minimum atomic E-state index is -4.65.